The molecule has 0 aromatic rings. The smallest absolute Gasteiger partial charge is 0.310 e. The molecular formula is C66H104O6. The number of unbranched alkanes of at least 4 members (excludes halogenated alkanes) is 16. The van der Waals surface area contributed by atoms with E-state index in [2.05, 4.69) is 154 Å². The Morgan fingerprint density at radius 1 is 0.306 bits per heavy atom. The van der Waals surface area contributed by atoms with Crippen molar-refractivity contribution in [3.63, 3.8) is 0 Å². The first-order valence-corrected chi connectivity index (χ1v) is 28.8. The highest BCUT2D eigenvalue weighted by molar-refractivity contribution is 5.72. The van der Waals surface area contributed by atoms with E-state index in [1.54, 1.807) is 6.08 Å². The maximum atomic E-state index is 12.8. The number of ether oxygens (including phenoxy) is 3. The number of hydrogen-bond acceptors (Lipinski definition) is 6. The van der Waals surface area contributed by atoms with E-state index < -0.39 is 12.1 Å². The summed E-state index contributed by atoms with van der Waals surface area (Å²) in [5, 5.41) is 0. The number of allylic oxidation sites excluding steroid dienone is 23. The van der Waals surface area contributed by atoms with Gasteiger partial charge in [-0.3, -0.25) is 14.4 Å². The SMILES string of the molecule is CC/C=C\C/C=C\C/C=C\C/C=C\C/C=C\CCCCCCCCCCCC(=O)OCC(COC(=O)CCCCCCC/C=C\C/C=C\CCCC)OC(=O)C/C=C\C/C=C\C/C=C\C/C=C\C/C=C\CC. The monoisotopic (exact) mass is 993 g/mol. The van der Waals surface area contributed by atoms with Crippen LogP contribution in [0.25, 0.3) is 0 Å². The Hall–Kier alpha value is -4.71. The Balaban J connectivity index is 4.46. The molecule has 0 saturated heterocycles. The number of hydrogen-bond donors (Lipinski definition) is 0. The first kappa shape index (κ1) is 67.3. The van der Waals surface area contributed by atoms with Gasteiger partial charge < -0.3 is 14.2 Å². The maximum Gasteiger partial charge on any atom is 0.310 e. The molecule has 0 spiro atoms. The summed E-state index contributed by atoms with van der Waals surface area (Å²) >= 11 is 0. The van der Waals surface area contributed by atoms with E-state index in [4.69, 9.17) is 14.2 Å². The summed E-state index contributed by atoms with van der Waals surface area (Å²) < 4.78 is 16.7. The number of carbonyl (C=O) groups excluding carboxylic acids is 3. The molecule has 72 heavy (non-hydrogen) atoms. The molecule has 1 atom stereocenters. The fourth-order valence-electron chi connectivity index (χ4n) is 7.32. The van der Waals surface area contributed by atoms with Crippen LogP contribution in [-0.4, -0.2) is 37.2 Å². The molecule has 0 aliphatic carbocycles. The molecule has 6 nitrogen and oxygen atoms in total. The summed E-state index contributed by atoms with van der Waals surface area (Å²) in [6, 6.07) is 0. The summed E-state index contributed by atoms with van der Waals surface area (Å²) in [6.45, 7) is 6.26. The summed E-state index contributed by atoms with van der Waals surface area (Å²) in [7, 11) is 0. The van der Waals surface area contributed by atoms with Crippen molar-refractivity contribution in [1.82, 2.24) is 0 Å². The van der Waals surface area contributed by atoms with Crippen molar-refractivity contribution in [2.45, 2.75) is 239 Å². The van der Waals surface area contributed by atoms with E-state index in [1.807, 2.05) is 6.08 Å². The van der Waals surface area contributed by atoms with Crippen molar-refractivity contribution >= 4 is 17.9 Å². The fraction of sp³-hybridized carbons (Fsp3) is 0.591. The molecule has 0 aromatic heterocycles. The Bertz CT molecular complexity index is 1610. The van der Waals surface area contributed by atoms with Crippen molar-refractivity contribution in [1.29, 1.82) is 0 Å². The van der Waals surface area contributed by atoms with Gasteiger partial charge in [-0.15, -0.1) is 0 Å². The molecule has 0 rings (SSSR count). The predicted molar refractivity (Wildman–Crippen MR) is 311 cm³/mol. The lowest BCUT2D eigenvalue weighted by molar-refractivity contribution is -0.166. The Kier molecular flexibility index (Phi) is 55.0. The fourth-order valence-corrected chi connectivity index (χ4v) is 7.32. The van der Waals surface area contributed by atoms with Gasteiger partial charge in [0.05, 0.1) is 6.42 Å². The van der Waals surface area contributed by atoms with Gasteiger partial charge in [0.15, 0.2) is 6.10 Å². The highest BCUT2D eigenvalue weighted by Gasteiger charge is 2.19. The molecule has 6 heteroatoms. The topological polar surface area (TPSA) is 78.9 Å². The minimum atomic E-state index is -0.847. The van der Waals surface area contributed by atoms with E-state index in [9.17, 15) is 14.4 Å². The van der Waals surface area contributed by atoms with Crippen LogP contribution in [0.1, 0.15) is 233 Å². The summed E-state index contributed by atoms with van der Waals surface area (Å²) in [5.74, 6) is -1.09. The van der Waals surface area contributed by atoms with Gasteiger partial charge in [0, 0.05) is 12.8 Å². The average Bonchev–Trinajstić information content (AvgIpc) is 3.38. The van der Waals surface area contributed by atoms with E-state index >= 15 is 0 Å². The molecule has 0 aliphatic heterocycles. The first-order chi connectivity index (χ1) is 35.5. The Labute approximate surface area is 442 Å². The van der Waals surface area contributed by atoms with Crippen molar-refractivity contribution in [2.24, 2.45) is 0 Å². The minimum absolute atomic E-state index is 0.0862. The third-order valence-corrected chi connectivity index (χ3v) is 11.6. The van der Waals surface area contributed by atoms with Crippen LogP contribution in [0.3, 0.4) is 0 Å². The molecule has 0 heterocycles. The Morgan fingerprint density at radius 2 is 0.583 bits per heavy atom. The van der Waals surface area contributed by atoms with Gasteiger partial charge >= 0.3 is 17.9 Å². The van der Waals surface area contributed by atoms with Crippen LogP contribution in [0.15, 0.2) is 146 Å². The van der Waals surface area contributed by atoms with E-state index in [1.165, 1.54) is 57.8 Å². The van der Waals surface area contributed by atoms with Crippen molar-refractivity contribution in [3.8, 4) is 0 Å². The van der Waals surface area contributed by atoms with Crippen molar-refractivity contribution < 1.29 is 28.6 Å². The van der Waals surface area contributed by atoms with Crippen LogP contribution in [0.5, 0.6) is 0 Å². The van der Waals surface area contributed by atoms with Gasteiger partial charge in [0.2, 0.25) is 0 Å². The van der Waals surface area contributed by atoms with Crippen LogP contribution in [0.4, 0.5) is 0 Å². The molecule has 0 amide bonds. The molecular weight excluding hydrogens is 889 g/mol. The Morgan fingerprint density at radius 3 is 0.917 bits per heavy atom. The lowest BCUT2D eigenvalue weighted by atomic mass is 10.1. The number of carbonyl (C=O) groups is 3. The van der Waals surface area contributed by atoms with Gasteiger partial charge in [0.1, 0.15) is 13.2 Å². The largest absolute Gasteiger partial charge is 0.462 e. The second-order valence-electron chi connectivity index (χ2n) is 18.4. The molecule has 0 fully saturated rings. The van der Waals surface area contributed by atoms with Crippen molar-refractivity contribution in [2.75, 3.05) is 13.2 Å². The zero-order chi connectivity index (χ0) is 52.2. The van der Waals surface area contributed by atoms with Crippen LogP contribution >= 0.6 is 0 Å². The van der Waals surface area contributed by atoms with Gasteiger partial charge in [-0.1, -0.05) is 244 Å². The van der Waals surface area contributed by atoms with E-state index in [0.29, 0.717) is 19.3 Å². The summed E-state index contributed by atoms with van der Waals surface area (Å²) in [4.78, 5) is 38.1. The molecule has 0 radical (unpaired) electrons. The first-order valence-electron chi connectivity index (χ1n) is 28.8. The summed E-state index contributed by atoms with van der Waals surface area (Å²) in [6.07, 6.45) is 84.4. The molecule has 404 valence electrons. The van der Waals surface area contributed by atoms with Gasteiger partial charge in [-0.25, -0.2) is 0 Å². The van der Waals surface area contributed by atoms with Gasteiger partial charge in [-0.05, 0) is 116 Å². The van der Waals surface area contributed by atoms with E-state index in [-0.39, 0.29) is 31.6 Å². The van der Waals surface area contributed by atoms with E-state index in [0.717, 1.165) is 128 Å². The normalized spacial score (nSPS) is 13.2. The molecule has 0 aromatic carbocycles. The lowest BCUT2D eigenvalue weighted by Crippen LogP contribution is -2.30. The number of rotatable bonds is 50. The van der Waals surface area contributed by atoms with Crippen LogP contribution < -0.4 is 0 Å². The zero-order valence-corrected chi connectivity index (χ0v) is 46.1. The second kappa shape index (κ2) is 58.9. The quantitative estimate of drug-likeness (QED) is 0.0261. The summed E-state index contributed by atoms with van der Waals surface area (Å²) in [5.41, 5.74) is 0. The standard InChI is InChI=1S/C66H104O6/c1-4-7-10-13-16-19-22-25-28-29-30-31-32-33-34-35-36-37-39-41-44-47-50-53-56-59-65(68)71-62-63(61-70-64(67)58-55-52-49-46-43-40-27-24-21-18-15-12-9-6-3)72-66(69)60-57-54-51-48-45-42-38-26-23-20-17-14-11-8-5-2/h7-8,10-11,15-20,24-28,30-31,33-34,38,45,48,54,57,63H,4-6,9,12-14,21-23,29,32,35-37,39-44,46-47,49-53,55-56,58-62H2,1-3H3/b10-7-,11-8-,18-15-,19-16-,20-17-,27-24-,28-25-,31-30-,34-33-,38-26-,48-45-,57-54-. The van der Waals surface area contributed by atoms with Gasteiger partial charge in [-0.2, -0.15) is 0 Å². The number of esters is 3. The molecule has 0 aliphatic rings. The average molecular weight is 994 g/mol. The highest BCUT2D eigenvalue weighted by atomic mass is 16.6. The maximum absolute atomic E-state index is 12.8. The second-order valence-corrected chi connectivity index (χ2v) is 18.4. The molecule has 0 N–H and O–H groups in total. The zero-order valence-electron chi connectivity index (χ0n) is 46.1. The third kappa shape index (κ3) is 56.2. The van der Waals surface area contributed by atoms with Gasteiger partial charge in [0.25, 0.3) is 0 Å². The highest BCUT2D eigenvalue weighted by Crippen LogP contribution is 2.14. The molecule has 0 saturated carbocycles. The minimum Gasteiger partial charge on any atom is -0.462 e. The van der Waals surface area contributed by atoms with Crippen LogP contribution in [0.2, 0.25) is 0 Å². The molecule has 1 unspecified atom stereocenters. The third-order valence-electron chi connectivity index (χ3n) is 11.6. The van der Waals surface area contributed by atoms with Crippen LogP contribution in [-0.2, 0) is 28.6 Å². The predicted octanol–water partition coefficient (Wildman–Crippen LogP) is 19.6. The van der Waals surface area contributed by atoms with Crippen LogP contribution in [0, 0.1) is 0 Å². The van der Waals surface area contributed by atoms with Crippen molar-refractivity contribution in [3.05, 3.63) is 146 Å². The lowest BCUT2D eigenvalue weighted by Gasteiger charge is -2.18. The molecule has 0 bridgehead atoms.